The monoisotopic (exact) mass is 351 g/mol. The summed E-state index contributed by atoms with van der Waals surface area (Å²) in [5.74, 6) is 0. The summed E-state index contributed by atoms with van der Waals surface area (Å²) in [6, 6.07) is 9.30. The second-order valence-corrected chi connectivity index (χ2v) is 7.12. The molecule has 1 aromatic carbocycles. The maximum absolute atomic E-state index is 3.70. The lowest BCUT2D eigenvalue weighted by atomic mass is 9.96. The SMILES string of the molecule is CCCNC(Cc1sccc1Br)c1ccc(C)cc1C. The Labute approximate surface area is 134 Å². The summed E-state index contributed by atoms with van der Waals surface area (Å²) in [6.07, 6.45) is 2.20. The Morgan fingerprint density at radius 3 is 2.65 bits per heavy atom. The van der Waals surface area contributed by atoms with Crippen molar-refractivity contribution in [3.8, 4) is 0 Å². The molecule has 1 N–H and O–H groups in total. The van der Waals surface area contributed by atoms with Gasteiger partial charge in [0.25, 0.3) is 0 Å². The molecule has 1 unspecified atom stereocenters. The molecule has 1 aromatic heterocycles. The van der Waals surface area contributed by atoms with Crippen LogP contribution in [0.4, 0.5) is 0 Å². The van der Waals surface area contributed by atoms with E-state index in [2.05, 4.69) is 71.7 Å². The molecule has 0 aliphatic heterocycles. The van der Waals surface area contributed by atoms with E-state index < -0.39 is 0 Å². The minimum Gasteiger partial charge on any atom is -0.310 e. The molecule has 3 heteroatoms. The first-order valence-electron chi connectivity index (χ1n) is 7.14. The third-order valence-electron chi connectivity index (χ3n) is 3.52. The van der Waals surface area contributed by atoms with Crippen molar-refractivity contribution >= 4 is 27.3 Å². The Morgan fingerprint density at radius 1 is 1.25 bits per heavy atom. The van der Waals surface area contributed by atoms with Gasteiger partial charge in [-0.15, -0.1) is 11.3 Å². The van der Waals surface area contributed by atoms with Crippen LogP contribution < -0.4 is 5.32 Å². The first-order chi connectivity index (χ1) is 9.61. The Bertz CT molecular complexity index is 562. The van der Waals surface area contributed by atoms with Gasteiger partial charge in [0.1, 0.15) is 0 Å². The smallest absolute Gasteiger partial charge is 0.0371 e. The van der Waals surface area contributed by atoms with Crippen LogP contribution >= 0.6 is 27.3 Å². The van der Waals surface area contributed by atoms with E-state index in [1.807, 2.05) is 11.3 Å². The molecule has 108 valence electrons. The molecule has 1 nitrogen and oxygen atoms in total. The first kappa shape index (κ1) is 15.7. The largest absolute Gasteiger partial charge is 0.310 e. The van der Waals surface area contributed by atoms with Gasteiger partial charge in [-0.1, -0.05) is 30.7 Å². The molecule has 0 aliphatic carbocycles. The molecule has 1 atom stereocenters. The summed E-state index contributed by atoms with van der Waals surface area (Å²) >= 11 is 5.48. The molecule has 0 saturated heterocycles. The summed E-state index contributed by atoms with van der Waals surface area (Å²) in [7, 11) is 0. The minimum absolute atomic E-state index is 0.394. The molecule has 0 amide bonds. The zero-order valence-corrected chi connectivity index (χ0v) is 14.8. The molecule has 0 fully saturated rings. The van der Waals surface area contributed by atoms with Gasteiger partial charge in [0.15, 0.2) is 0 Å². The van der Waals surface area contributed by atoms with Crippen LogP contribution in [0, 0.1) is 13.8 Å². The summed E-state index contributed by atoms with van der Waals surface area (Å²) in [5.41, 5.74) is 4.13. The zero-order valence-electron chi connectivity index (χ0n) is 12.4. The van der Waals surface area contributed by atoms with E-state index in [1.54, 1.807) is 0 Å². The number of hydrogen-bond acceptors (Lipinski definition) is 2. The summed E-state index contributed by atoms with van der Waals surface area (Å²) in [6.45, 7) is 7.64. The van der Waals surface area contributed by atoms with Gasteiger partial charge < -0.3 is 5.32 Å². The van der Waals surface area contributed by atoms with Crippen LogP contribution in [0.25, 0.3) is 0 Å². The zero-order chi connectivity index (χ0) is 14.5. The molecule has 2 aromatic rings. The van der Waals surface area contributed by atoms with Crippen molar-refractivity contribution in [2.75, 3.05) is 6.54 Å². The first-order valence-corrected chi connectivity index (χ1v) is 8.81. The van der Waals surface area contributed by atoms with Gasteiger partial charge in [0, 0.05) is 21.8 Å². The fourth-order valence-electron chi connectivity index (χ4n) is 2.48. The maximum atomic E-state index is 3.70. The number of benzene rings is 1. The highest BCUT2D eigenvalue weighted by molar-refractivity contribution is 9.10. The molecular formula is C17H22BrNS. The Balaban J connectivity index is 2.24. The predicted molar refractivity (Wildman–Crippen MR) is 92.7 cm³/mol. The van der Waals surface area contributed by atoms with E-state index in [4.69, 9.17) is 0 Å². The van der Waals surface area contributed by atoms with Crippen molar-refractivity contribution in [3.05, 3.63) is 55.7 Å². The normalized spacial score (nSPS) is 12.6. The molecule has 0 bridgehead atoms. The molecule has 2 rings (SSSR count). The van der Waals surface area contributed by atoms with Gasteiger partial charge >= 0.3 is 0 Å². The molecule has 0 radical (unpaired) electrons. The van der Waals surface area contributed by atoms with Gasteiger partial charge in [-0.3, -0.25) is 0 Å². The fraction of sp³-hybridized carbons (Fsp3) is 0.412. The lowest BCUT2D eigenvalue weighted by Gasteiger charge is -2.21. The van der Waals surface area contributed by atoms with Crippen molar-refractivity contribution in [1.82, 2.24) is 5.32 Å². The standard InChI is InChI=1S/C17H22BrNS/c1-4-8-19-16(11-17-15(18)7-9-20-17)14-6-5-12(2)10-13(14)3/h5-7,9-10,16,19H,4,8,11H2,1-3H3. The fourth-order valence-corrected chi connectivity index (χ4v) is 4.04. The number of aryl methyl sites for hydroxylation is 2. The van der Waals surface area contributed by atoms with E-state index in [0.717, 1.165) is 19.4 Å². The Kier molecular flexibility index (Phi) is 5.82. The summed E-state index contributed by atoms with van der Waals surface area (Å²) < 4.78 is 1.23. The topological polar surface area (TPSA) is 12.0 Å². The van der Waals surface area contributed by atoms with Gasteiger partial charge in [-0.25, -0.2) is 0 Å². The van der Waals surface area contributed by atoms with Crippen molar-refractivity contribution < 1.29 is 0 Å². The molecule has 0 saturated carbocycles. The van der Waals surface area contributed by atoms with E-state index in [-0.39, 0.29) is 0 Å². The highest BCUT2D eigenvalue weighted by Gasteiger charge is 2.16. The van der Waals surface area contributed by atoms with Gasteiger partial charge in [0.05, 0.1) is 0 Å². The van der Waals surface area contributed by atoms with Gasteiger partial charge in [0.2, 0.25) is 0 Å². The van der Waals surface area contributed by atoms with Crippen molar-refractivity contribution in [1.29, 1.82) is 0 Å². The predicted octanol–water partition coefficient (Wildman–Crippen LogP) is 5.41. The van der Waals surface area contributed by atoms with Crippen LogP contribution in [0.1, 0.15) is 41.0 Å². The highest BCUT2D eigenvalue weighted by Crippen LogP contribution is 2.29. The average molecular weight is 352 g/mol. The third-order valence-corrected chi connectivity index (χ3v) is 5.47. The molecular weight excluding hydrogens is 330 g/mol. The van der Waals surface area contributed by atoms with E-state index in [0.29, 0.717) is 6.04 Å². The second kappa shape index (κ2) is 7.39. The van der Waals surface area contributed by atoms with Crippen LogP contribution in [-0.2, 0) is 6.42 Å². The summed E-state index contributed by atoms with van der Waals surface area (Å²) in [5, 5.41) is 5.85. The molecule has 20 heavy (non-hydrogen) atoms. The van der Waals surface area contributed by atoms with Crippen molar-refractivity contribution in [2.45, 2.75) is 39.7 Å². The average Bonchev–Trinajstić information content (AvgIpc) is 2.80. The van der Waals surface area contributed by atoms with Crippen molar-refractivity contribution in [2.24, 2.45) is 0 Å². The lowest BCUT2D eigenvalue weighted by molar-refractivity contribution is 0.529. The van der Waals surface area contributed by atoms with E-state index in [9.17, 15) is 0 Å². The van der Waals surface area contributed by atoms with E-state index in [1.165, 1.54) is 26.0 Å². The lowest BCUT2D eigenvalue weighted by Crippen LogP contribution is -2.24. The highest BCUT2D eigenvalue weighted by atomic mass is 79.9. The molecule has 1 heterocycles. The third kappa shape index (κ3) is 3.94. The van der Waals surface area contributed by atoms with Crippen LogP contribution in [-0.4, -0.2) is 6.54 Å². The van der Waals surface area contributed by atoms with Gasteiger partial charge in [-0.05, 0) is 65.3 Å². The van der Waals surface area contributed by atoms with E-state index >= 15 is 0 Å². The number of rotatable bonds is 6. The van der Waals surface area contributed by atoms with Crippen LogP contribution in [0.3, 0.4) is 0 Å². The molecule has 0 aliphatic rings. The Hall–Kier alpha value is -0.640. The quantitative estimate of drug-likeness (QED) is 0.733. The van der Waals surface area contributed by atoms with Crippen LogP contribution in [0.15, 0.2) is 34.1 Å². The van der Waals surface area contributed by atoms with Crippen LogP contribution in [0.5, 0.6) is 0 Å². The minimum atomic E-state index is 0.394. The number of thiophene rings is 1. The number of halogens is 1. The van der Waals surface area contributed by atoms with Crippen LogP contribution in [0.2, 0.25) is 0 Å². The maximum Gasteiger partial charge on any atom is 0.0371 e. The number of hydrogen-bond donors (Lipinski definition) is 1. The second-order valence-electron chi connectivity index (χ2n) is 5.26. The summed E-state index contributed by atoms with van der Waals surface area (Å²) in [4.78, 5) is 1.42. The Morgan fingerprint density at radius 2 is 2.05 bits per heavy atom. The van der Waals surface area contributed by atoms with Gasteiger partial charge in [-0.2, -0.15) is 0 Å². The number of nitrogens with one attached hydrogen (secondary N) is 1. The van der Waals surface area contributed by atoms with Crippen molar-refractivity contribution in [3.63, 3.8) is 0 Å². The molecule has 0 spiro atoms.